The fourth-order valence-corrected chi connectivity index (χ4v) is 5.24. The van der Waals surface area contributed by atoms with E-state index in [-0.39, 0.29) is 11.2 Å². The Balaban J connectivity index is 1.67. The second kappa shape index (κ2) is 7.46. The molecule has 1 unspecified atom stereocenters. The minimum absolute atomic E-state index is 0.258. The molecule has 146 valence electrons. The van der Waals surface area contributed by atoms with Crippen LogP contribution in [0.1, 0.15) is 25.0 Å². The normalized spacial score (nSPS) is 16.5. The molecule has 1 aromatic carbocycles. The van der Waals surface area contributed by atoms with E-state index in [2.05, 4.69) is 43.7 Å². The summed E-state index contributed by atoms with van der Waals surface area (Å²) in [6.07, 6.45) is 1.77. The summed E-state index contributed by atoms with van der Waals surface area (Å²) in [5.74, 6) is 1.28. The van der Waals surface area contributed by atoms with Crippen molar-refractivity contribution in [1.29, 1.82) is 0 Å². The molecule has 0 aliphatic carbocycles. The largest absolute Gasteiger partial charge is 0.383 e. The van der Waals surface area contributed by atoms with Crippen LogP contribution in [0.5, 0.6) is 0 Å². The lowest BCUT2D eigenvalue weighted by Crippen LogP contribution is -2.26. The zero-order valence-electron chi connectivity index (χ0n) is 15.3. The number of rotatable bonds is 4. The molecule has 0 bridgehead atoms. The third kappa shape index (κ3) is 3.42. The van der Waals surface area contributed by atoms with Crippen LogP contribution in [0.25, 0.3) is 11.5 Å². The Hall–Kier alpha value is -1.97. The lowest BCUT2D eigenvalue weighted by Gasteiger charge is -2.19. The van der Waals surface area contributed by atoms with Crippen molar-refractivity contribution in [3.8, 4) is 11.5 Å². The van der Waals surface area contributed by atoms with E-state index >= 15 is 0 Å². The molecule has 0 amide bonds. The van der Waals surface area contributed by atoms with Crippen LogP contribution < -0.4 is 11.1 Å². The monoisotopic (exact) mass is 512 g/mol. The van der Waals surface area contributed by atoms with Crippen molar-refractivity contribution < 1.29 is 7.24 Å². The van der Waals surface area contributed by atoms with Gasteiger partial charge in [0.25, 0.3) is 0 Å². The Bertz CT molecular complexity index is 1080. The van der Waals surface area contributed by atoms with Gasteiger partial charge in [-0.1, -0.05) is 18.2 Å². The Kier molecular flexibility index (Phi) is 5.15. The molecule has 0 spiro atoms. The van der Waals surface area contributed by atoms with Gasteiger partial charge in [-0.15, -0.1) is 0 Å². The highest BCUT2D eigenvalue weighted by atomic mass is 127. The standard InChI is InChI=1S/C18H19FIN6OP/c1-18(2)13-14(21)22-15(23-16(13)24-17(18)20-27-28)12-7-8-26(25-12)9-10-5-3-4-6-11(10)19/h3-8H,9,28H2,1-2H3,(H3,21,22,23,24). The second-order valence-electron chi connectivity index (χ2n) is 6.88. The van der Waals surface area contributed by atoms with Gasteiger partial charge < -0.3 is 13.9 Å². The minimum Gasteiger partial charge on any atom is -0.383 e. The highest BCUT2D eigenvalue weighted by Gasteiger charge is 2.40. The molecule has 0 saturated heterocycles. The quantitative estimate of drug-likeness (QED) is 0.410. The summed E-state index contributed by atoms with van der Waals surface area (Å²) in [5.41, 5.74) is 7.99. The highest BCUT2D eigenvalue weighted by molar-refractivity contribution is 14.2. The number of hydrogen-bond acceptors (Lipinski definition) is 6. The second-order valence-corrected chi connectivity index (χ2v) is 10.1. The van der Waals surface area contributed by atoms with E-state index in [1.165, 1.54) is 6.07 Å². The predicted molar refractivity (Wildman–Crippen MR) is 120 cm³/mol. The van der Waals surface area contributed by atoms with Crippen molar-refractivity contribution in [3.63, 3.8) is 0 Å². The molecule has 3 heterocycles. The first-order valence-electron chi connectivity index (χ1n) is 8.50. The summed E-state index contributed by atoms with van der Waals surface area (Å²) < 4.78 is 21.9. The van der Waals surface area contributed by atoms with Crippen molar-refractivity contribution in [1.82, 2.24) is 19.7 Å². The summed E-state index contributed by atoms with van der Waals surface area (Å²) in [7, 11) is 2.30. The third-order valence-corrected chi connectivity index (χ3v) is 7.53. The molecule has 28 heavy (non-hydrogen) atoms. The van der Waals surface area contributed by atoms with Crippen molar-refractivity contribution in [2.24, 2.45) is 0 Å². The van der Waals surface area contributed by atoms with E-state index in [1.807, 2.05) is 0 Å². The molecule has 2 aromatic heterocycles. The zero-order chi connectivity index (χ0) is 19.9. The lowest BCUT2D eigenvalue weighted by molar-refractivity contribution is 0.585. The van der Waals surface area contributed by atoms with E-state index in [9.17, 15) is 4.39 Å². The molecule has 1 atom stereocenters. The van der Waals surface area contributed by atoms with Gasteiger partial charge in [0.15, 0.2) is 5.82 Å². The molecule has 3 N–H and O–H groups in total. The number of nitrogens with zero attached hydrogens (tertiary/aromatic N) is 4. The Morgan fingerprint density at radius 2 is 2.07 bits per heavy atom. The number of nitrogens with two attached hydrogens (primary N) is 1. The van der Waals surface area contributed by atoms with Crippen molar-refractivity contribution >= 4 is 45.9 Å². The smallest absolute Gasteiger partial charge is 0.184 e. The number of benzene rings is 1. The van der Waals surface area contributed by atoms with E-state index in [0.29, 0.717) is 35.3 Å². The fraction of sp³-hybridized carbons (Fsp3) is 0.222. The predicted octanol–water partition coefficient (Wildman–Crippen LogP) is 3.64. The number of fused-ring (bicyclic) bond motifs is 1. The SMILES string of the molecule is CC1(C)C(=IOP)Nc2nc(-c3ccn(Cc4ccccc4F)n3)nc(N)c21. The molecular formula is C18H19FIN6OP. The number of halogens is 2. The van der Waals surface area contributed by atoms with Gasteiger partial charge in [0, 0.05) is 32.2 Å². The van der Waals surface area contributed by atoms with Gasteiger partial charge in [-0.3, -0.25) is 4.68 Å². The van der Waals surface area contributed by atoms with E-state index in [4.69, 9.17) is 8.59 Å². The maximum absolute atomic E-state index is 13.9. The van der Waals surface area contributed by atoms with Gasteiger partial charge in [-0.25, -0.2) is 14.4 Å². The summed E-state index contributed by atoms with van der Waals surface area (Å²) in [4.78, 5) is 9.11. The molecule has 10 heteroatoms. The summed E-state index contributed by atoms with van der Waals surface area (Å²) in [6, 6.07) is 8.44. The van der Waals surface area contributed by atoms with Gasteiger partial charge >= 0.3 is 0 Å². The molecule has 4 rings (SSSR count). The third-order valence-electron chi connectivity index (χ3n) is 4.62. The first kappa shape index (κ1) is 19.4. The molecule has 0 radical (unpaired) electrons. The van der Waals surface area contributed by atoms with Crippen molar-refractivity contribution in [3.05, 3.63) is 53.5 Å². The van der Waals surface area contributed by atoms with Crippen LogP contribution in [0.4, 0.5) is 16.0 Å². The molecule has 0 saturated carbocycles. The number of hydrogen-bond donors (Lipinski definition) is 2. The molecule has 1 aliphatic rings. The van der Waals surface area contributed by atoms with Crippen LogP contribution >= 0.6 is 30.6 Å². The van der Waals surface area contributed by atoms with Crippen LogP contribution in [0.15, 0.2) is 36.5 Å². The Labute approximate surface area is 174 Å². The van der Waals surface area contributed by atoms with Gasteiger partial charge in [-0.05, 0) is 26.0 Å². The Morgan fingerprint density at radius 3 is 2.82 bits per heavy atom. The number of nitrogen functional groups attached to an aromatic ring is 1. The van der Waals surface area contributed by atoms with Crippen LogP contribution in [-0.4, -0.2) is 23.4 Å². The van der Waals surface area contributed by atoms with Crippen LogP contribution in [0.3, 0.4) is 0 Å². The fourth-order valence-electron chi connectivity index (χ4n) is 3.20. The highest BCUT2D eigenvalue weighted by Crippen LogP contribution is 2.42. The van der Waals surface area contributed by atoms with Gasteiger partial charge in [0.1, 0.15) is 23.1 Å². The number of nitrogens with one attached hydrogen (secondary N) is 1. The van der Waals surface area contributed by atoms with E-state index in [1.54, 1.807) is 35.1 Å². The molecular weight excluding hydrogens is 493 g/mol. The summed E-state index contributed by atoms with van der Waals surface area (Å²) in [5, 5.41) is 7.83. The topological polar surface area (TPSA) is 90.9 Å². The summed E-state index contributed by atoms with van der Waals surface area (Å²) >= 11 is -0.630. The molecule has 1 aliphatic heterocycles. The average Bonchev–Trinajstić information content (AvgIpc) is 3.20. The van der Waals surface area contributed by atoms with Crippen LogP contribution in [0, 0.1) is 5.82 Å². The van der Waals surface area contributed by atoms with Crippen LogP contribution in [0.2, 0.25) is 0 Å². The molecule has 3 aromatic rings. The number of aromatic nitrogens is 4. The Morgan fingerprint density at radius 1 is 1.29 bits per heavy atom. The maximum atomic E-state index is 13.9. The van der Waals surface area contributed by atoms with Gasteiger partial charge in [-0.2, -0.15) is 5.10 Å². The minimum atomic E-state index is -0.630. The zero-order valence-corrected chi connectivity index (χ0v) is 18.6. The van der Waals surface area contributed by atoms with Gasteiger partial charge in [0.2, 0.25) is 0 Å². The summed E-state index contributed by atoms with van der Waals surface area (Å²) in [6.45, 7) is 4.48. The van der Waals surface area contributed by atoms with Gasteiger partial charge in [0.05, 0.1) is 31.3 Å². The molecule has 0 fully saturated rings. The first-order valence-corrected chi connectivity index (χ1v) is 10.9. The van der Waals surface area contributed by atoms with Crippen molar-refractivity contribution in [2.75, 3.05) is 11.1 Å². The maximum Gasteiger partial charge on any atom is 0.184 e. The van der Waals surface area contributed by atoms with E-state index < -0.39 is 21.1 Å². The first-order chi connectivity index (χ1) is 13.4. The lowest BCUT2D eigenvalue weighted by atomic mass is 9.88. The molecule has 7 nitrogen and oxygen atoms in total. The van der Waals surface area contributed by atoms with Crippen molar-refractivity contribution in [2.45, 2.75) is 25.8 Å². The van der Waals surface area contributed by atoms with E-state index in [0.717, 1.165) is 9.20 Å². The van der Waals surface area contributed by atoms with Crippen LogP contribution in [-0.2, 0) is 14.8 Å². The average molecular weight is 512 g/mol. The number of anilines is 2.